The van der Waals surface area contributed by atoms with Gasteiger partial charge < -0.3 is 9.73 Å². The van der Waals surface area contributed by atoms with Crippen molar-refractivity contribution in [3.63, 3.8) is 0 Å². The lowest BCUT2D eigenvalue weighted by molar-refractivity contribution is 0.668. The van der Waals surface area contributed by atoms with Gasteiger partial charge in [0.2, 0.25) is 0 Å². The van der Waals surface area contributed by atoms with Crippen LogP contribution in [0.3, 0.4) is 0 Å². The molecule has 0 fully saturated rings. The number of furan rings is 1. The number of benzene rings is 7. The second-order valence-electron chi connectivity index (χ2n) is 11.8. The Morgan fingerprint density at radius 2 is 1.15 bits per heavy atom. The van der Waals surface area contributed by atoms with E-state index < -0.39 is 0 Å². The summed E-state index contributed by atoms with van der Waals surface area (Å²) in [4.78, 5) is 10.2. The van der Waals surface area contributed by atoms with Crippen molar-refractivity contribution in [2.24, 2.45) is 9.98 Å². The molecule has 4 nitrogen and oxygen atoms in total. The van der Waals surface area contributed by atoms with E-state index in [1.165, 1.54) is 21.9 Å². The van der Waals surface area contributed by atoms with Gasteiger partial charge in [0.05, 0.1) is 0 Å². The second-order valence-corrected chi connectivity index (χ2v) is 11.8. The molecule has 0 bridgehead atoms. The van der Waals surface area contributed by atoms with Gasteiger partial charge in [-0.3, -0.25) is 0 Å². The Morgan fingerprint density at radius 1 is 0.489 bits per heavy atom. The summed E-state index contributed by atoms with van der Waals surface area (Å²) in [6.07, 6.45) is -0.282. The van der Waals surface area contributed by atoms with E-state index in [0.717, 1.165) is 55.6 Å². The van der Waals surface area contributed by atoms with Gasteiger partial charge in [-0.25, -0.2) is 9.98 Å². The molecule has 2 heterocycles. The van der Waals surface area contributed by atoms with Gasteiger partial charge in [-0.05, 0) is 62.9 Å². The number of nitrogens with zero attached hydrogens (tertiary/aromatic N) is 2. The Balaban J connectivity index is 1.18. The first kappa shape index (κ1) is 27.1. The van der Waals surface area contributed by atoms with E-state index in [1.807, 2.05) is 24.3 Å². The lowest BCUT2D eigenvalue weighted by atomic mass is 9.94. The number of rotatable bonds is 5. The largest absolute Gasteiger partial charge is 0.456 e. The van der Waals surface area contributed by atoms with Crippen LogP contribution in [0.15, 0.2) is 178 Å². The van der Waals surface area contributed by atoms with Gasteiger partial charge in [-0.15, -0.1) is 0 Å². The monoisotopic (exact) mass is 603 g/mol. The third kappa shape index (κ3) is 4.88. The fraction of sp³-hybridized carbons (Fsp3) is 0.0233. The highest BCUT2D eigenvalue weighted by Crippen LogP contribution is 2.39. The minimum atomic E-state index is -0.282. The maximum Gasteiger partial charge on any atom is 0.159 e. The van der Waals surface area contributed by atoms with Crippen molar-refractivity contribution >= 4 is 44.4 Å². The Labute approximate surface area is 272 Å². The van der Waals surface area contributed by atoms with Crippen molar-refractivity contribution < 1.29 is 4.42 Å². The SMILES string of the molecule is c1ccc(-c2ccc(C3=NC(c4ccccc4)NC(c4ccc5oc6cccc(-c7cccc8ccccc78)c6c5c4)=N3)cc2)cc1. The van der Waals surface area contributed by atoms with Crippen LogP contribution in [0.25, 0.3) is 55.0 Å². The van der Waals surface area contributed by atoms with Gasteiger partial charge in [0.1, 0.15) is 23.2 Å². The molecule has 9 rings (SSSR count). The first-order valence-corrected chi connectivity index (χ1v) is 15.9. The van der Waals surface area contributed by atoms with E-state index in [2.05, 4.69) is 145 Å². The molecule has 1 N–H and O–H groups in total. The minimum absolute atomic E-state index is 0.282. The first-order valence-electron chi connectivity index (χ1n) is 15.9. The molecule has 0 amide bonds. The number of fused-ring (bicyclic) bond motifs is 4. The fourth-order valence-electron chi connectivity index (χ4n) is 6.63. The van der Waals surface area contributed by atoms with Crippen LogP contribution in [0.4, 0.5) is 0 Å². The summed E-state index contributed by atoms with van der Waals surface area (Å²) >= 11 is 0. The van der Waals surface area contributed by atoms with E-state index in [1.54, 1.807) is 0 Å². The molecule has 1 aliphatic heterocycles. The van der Waals surface area contributed by atoms with E-state index in [4.69, 9.17) is 14.4 Å². The molecule has 0 saturated carbocycles. The van der Waals surface area contributed by atoms with Crippen LogP contribution in [0.5, 0.6) is 0 Å². The maximum absolute atomic E-state index is 6.41. The molecule has 1 unspecified atom stereocenters. The molecule has 8 aromatic rings. The van der Waals surface area contributed by atoms with Crippen LogP contribution >= 0.6 is 0 Å². The Hall–Kier alpha value is -6.26. The van der Waals surface area contributed by atoms with Crippen molar-refractivity contribution in [2.45, 2.75) is 6.17 Å². The Morgan fingerprint density at radius 3 is 2.00 bits per heavy atom. The molecule has 1 aliphatic rings. The quantitative estimate of drug-likeness (QED) is 0.213. The van der Waals surface area contributed by atoms with Crippen molar-refractivity contribution in [1.82, 2.24) is 5.32 Å². The van der Waals surface area contributed by atoms with Gasteiger partial charge in [-0.2, -0.15) is 0 Å². The molecule has 4 heteroatoms. The van der Waals surface area contributed by atoms with Gasteiger partial charge in [0.25, 0.3) is 0 Å². The molecule has 222 valence electrons. The lowest BCUT2D eigenvalue weighted by Gasteiger charge is -2.23. The summed E-state index contributed by atoms with van der Waals surface area (Å²) in [5, 5.41) is 8.22. The maximum atomic E-state index is 6.41. The molecule has 1 aromatic heterocycles. The van der Waals surface area contributed by atoms with E-state index in [-0.39, 0.29) is 6.17 Å². The predicted molar refractivity (Wildman–Crippen MR) is 194 cm³/mol. The normalized spacial score (nSPS) is 14.6. The van der Waals surface area contributed by atoms with Crippen LogP contribution in [-0.2, 0) is 0 Å². The third-order valence-corrected chi connectivity index (χ3v) is 8.96. The van der Waals surface area contributed by atoms with Crippen molar-refractivity contribution in [1.29, 1.82) is 0 Å². The predicted octanol–water partition coefficient (Wildman–Crippen LogP) is 10.6. The summed E-state index contributed by atoms with van der Waals surface area (Å²) in [6, 6.07) is 56.9. The highest BCUT2D eigenvalue weighted by atomic mass is 16.3. The van der Waals surface area contributed by atoms with Crippen LogP contribution in [0.1, 0.15) is 22.9 Å². The molecule has 0 saturated heterocycles. The zero-order valence-electron chi connectivity index (χ0n) is 25.5. The van der Waals surface area contributed by atoms with E-state index >= 15 is 0 Å². The summed E-state index contributed by atoms with van der Waals surface area (Å²) < 4.78 is 6.41. The number of amidine groups is 2. The van der Waals surface area contributed by atoms with Crippen LogP contribution in [0.2, 0.25) is 0 Å². The fourth-order valence-corrected chi connectivity index (χ4v) is 6.63. The standard InChI is InChI=1S/C43H29N3O/c1-3-11-28(12-4-1)29-21-23-32(24-22-29)42-44-41(31-14-5-2-6-15-31)45-43(46-42)33-25-26-38-37(27-33)40-36(19-10-20-39(40)47-38)35-18-9-16-30-13-7-8-17-34(30)35/h1-27,41H,(H,44,45,46). The number of aliphatic imine (C=N–C) groups is 2. The van der Waals surface area contributed by atoms with E-state index in [0.29, 0.717) is 5.84 Å². The summed E-state index contributed by atoms with van der Waals surface area (Å²) in [7, 11) is 0. The molecular weight excluding hydrogens is 574 g/mol. The van der Waals surface area contributed by atoms with Crippen LogP contribution in [-0.4, -0.2) is 11.7 Å². The average Bonchev–Trinajstić information content (AvgIpc) is 3.53. The molecule has 7 aromatic carbocycles. The zero-order valence-corrected chi connectivity index (χ0v) is 25.5. The van der Waals surface area contributed by atoms with Crippen molar-refractivity contribution in [3.05, 3.63) is 180 Å². The number of hydrogen-bond donors (Lipinski definition) is 1. The van der Waals surface area contributed by atoms with Gasteiger partial charge >= 0.3 is 0 Å². The van der Waals surface area contributed by atoms with Gasteiger partial charge in [0.15, 0.2) is 5.84 Å². The number of nitrogens with one attached hydrogen (secondary N) is 1. The molecule has 47 heavy (non-hydrogen) atoms. The highest BCUT2D eigenvalue weighted by molar-refractivity contribution is 6.18. The lowest BCUT2D eigenvalue weighted by Crippen LogP contribution is -2.33. The van der Waals surface area contributed by atoms with Crippen LogP contribution in [0, 0.1) is 0 Å². The minimum Gasteiger partial charge on any atom is -0.456 e. The molecule has 0 spiro atoms. The Kier molecular flexibility index (Phi) is 6.50. The van der Waals surface area contributed by atoms with Crippen molar-refractivity contribution in [3.8, 4) is 22.3 Å². The smallest absolute Gasteiger partial charge is 0.159 e. The Bertz CT molecular complexity index is 2470. The van der Waals surface area contributed by atoms with E-state index in [9.17, 15) is 0 Å². The molecular formula is C43H29N3O. The molecule has 0 aliphatic carbocycles. The first-order chi connectivity index (χ1) is 23.3. The van der Waals surface area contributed by atoms with Gasteiger partial charge in [0, 0.05) is 21.9 Å². The number of hydrogen-bond acceptors (Lipinski definition) is 4. The highest BCUT2D eigenvalue weighted by Gasteiger charge is 2.22. The van der Waals surface area contributed by atoms with Crippen LogP contribution < -0.4 is 5.32 Å². The molecule has 1 atom stereocenters. The molecule has 0 radical (unpaired) electrons. The second kappa shape index (κ2) is 11.3. The van der Waals surface area contributed by atoms with Gasteiger partial charge in [-0.1, -0.05) is 140 Å². The van der Waals surface area contributed by atoms with Crippen molar-refractivity contribution in [2.75, 3.05) is 0 Å². The summed E-state index contributed by atoms with van der Waals surface area (Å²) in [6.45, 7) is 0. The third-order valence-electron chi connectivity index (χ3n) is 8.96. The topological polar surface area (TPSA) is 49.9 Å². The average molecular weight is 604 g/mol. The summed E-state index contributed by atoms with van der Waals surface area (Å²) in [5.74, 6) is 1.47. The zero-order chi connectivity index (χ0) is 31.2. The summed E-state index contributed by atoms with van der Waals surface area (Å²) in [5.41, 5.74) is 9.41.